The average Bonchev–Trinajstić information content (AvgIpc) is 2.35. The molecule has 0 heterocycles. The molecule has 0 aliphatic heterocycles. The number of hydrogen-bond donors (Lipinski definition) is 1. The fourth-order valence-electron chi connectivity index (χ4n) is 2.19. The summed E-state index contributed by atoms with van der Waals surface area (Å²) in [5.41, 5.74) is -0.816. The summed E-state index contributed by atoms with van der Waals surface area (Å²) in [5.74, 6) is -0.234. The van der Waals surface area contributed by atoms with Crippen molar-refractivity contribution in [3.8, 4) is 0 Å². The fourth-order valence-corrected chi connectivity index (χ4v) is 2.19. The zero-order chi connectivity index (χ0) is 16.0. The van der Waals surface area contributed by atoms with Crippen LogP contribution < -0.4 is 5.32 Å². The van der Waals surface area contributed by atoms with Crippen LogP contribution in [0.1, 0.15) is 51.2 Å². The minimum absolute atomic E-state index is 0.0830. The van der Waals surface area contributed by atoms with Gasteiger partial charge in [0.2, 0.25) is 0 Å². The van der Waals surface area contributed by atoms with Crippen molar-refractivity contribution in [1.29, 1.82) is 0 Å². The van der Waals surface area contributed by atoms with Crippen molar-refractivity contribution in [3.05, 3.63) is 35.1 Å². The standard InChI is InChI=1S/C16H23F4N/c1-11(2)5-4-6-12(3)21-10-13-7-8-14(17)9-15(13)16(18,19)20/h7-9,11-12,21H,4-6,10H2,1-3H3. The second-order valence-corrected chi connectivity index (χ2v) is 5.91. The number of nitrogens with one attached hydrogen (secondary N) is 1. The Labute approximate surface area is 123 Å². The molecule has 0 fully saturated rings. The topological polar surface area (TPSA) is 12.0 Å². The molecule has 0 saturated heterocycles. The zero-order valence-electron chi connectivity index (χ0n) is 12.7. The lowest BCUT2D eigenvalue weighted by atomic mass is 10.0. The number of alkyl halides is 3. The molecular weight excluding hydrogens is 282 g/mol. The first kappa shape index (κ1) is 18.0. The van der Waals surface area contributed by atoms with E-state index in [9.17, 15) is 17.6 Å². The van der Waals surface area contributed by atoms with Crippen LogP contribution in [0.25, 0.3) is 0 Å². The van der Waals surface area contributed by atoms with Crippen LogP contribution in [0.3, 0.4) is 0 Å². The molecule has 1 aromatic carbocycles. The van der Waals surface area contributed by atoms with Crippen molar-refractivity contribution in [2.45, 2.75) is 58.8 Å². The molecule has 1 rings (SSSR count). The van der Waals surface area contributed by atoms with E-state index in [2.05, 4.69) is 19.2 Å². The third-order valence-corrected chi connectivity index (χ3v) is 3.44. The number of halogens is 4. The molecule has 1 nitrogen and oxygen atoms in total. The number of benzene rings is 1. The summed E-state index contributed by atoms with van der Waals surface area (Å²) in [4.78, 5) is 0. The third-order valence-electron chi connectivity index (χ3n) is 3.44. The molecule has 0 saturated carbocycles. The van der Waals surface area contributed by atoms with Crippen molar-refractivity contribution in [2.75, 3.05) is 0 Å². The van der Waals surface area contributed by atoms with E-state index in [4.69, 9.17) is 0 Å². The molecule has 0 aliphatic rings. The van der Waals surface area contributed by atoms with E-state index < -0.39 is 17.6 Å². The minimum atomic E-state index is -4.53. The van der Waals surface area contributed by atoms with Crippen LogP contribution >= 0.6 is 0 Å². The average molecular weight is 305 g/mol. The Morgan fingerprint density at radius 2 is 1.76 bits per heavy atom. The summed E-state index contributed by atoms with van der Waals surface area (Å²) < 4.78 is 51.5. The number of rotatable bonds is 7. The van der Waals surface area contributed by atoms with Crippen LogP contribution in [0.4, 0.5) is 17.6 Å². The molecule has 21 heavy (non-hydrogen) atoms. The second-order valence-electron chi connectivity index (χ2n) is 5.91. The maximum Gasteiger partial charge on any atom is 0.416 e. The molecule has 1 atom stereocenters. The van der Waals surface area contributed by atoms with E-state index in [0.29, 0.717) is 12.0 Å². The molecule has 0 bridgehead atoms. The largest absolute Gasteiger partial charge is 0.416 e. The maximum absolute atomic E-state index is 13.0. The van der Waals surface area contributed by atoms with Gasteiger partial charge in [-0.2, -0.15) is 13.2 Å². The van der Waals surface area contributed by atoms with Gasteiger partial charge in [-0.25, -0.2) is 4.39 Å². The SMILES string of the molecule is CC(C)CCCC(C)NCc1ccc(F)cc1C(F)(F)F. The minimum Gasteiger partial charge on any atom is -0.310 e. The molecule has 0 spiro atoms. The van der Waals surface area contributed by atoms with Gasteiger partial charge in [0.05, 0.1) is 5.56 Å². The molecule has 1 unspecified atom stereocenters. The van der Waals surface area contributed by atoms with Gasteiger partial charge in [0.25, 0.3) is 0 Å². The Hall–Kier alpha value is -1.10. The quantitative estimate of drug-likeness (QED) is 0.687. The molecule has 1 aromatic rings. The van der Waals surface area contributed by atoms with Gasteiger partial charge in [0, 0.05) is 12.6 Å². The predicted octanol–water partition coefficient (Wildman–Crippen LogP) is 5.15. The normalized spacial score (nSPS) is 13.7. The Balaban J connectivity index is 2.59. The van der Waals surface area contributed by atoms with Gasteiger partial charge in [-0.1, -0.05) is 32.8 Å². The Bertz CT molecular complexity index is 440. The van der Waals surface area contributed by atoms with E-state index in [1.807, 2.05) is 6.92 Å². The van der Waals surface area contributed by atoms with Crippen molar-refractivity contribution < 1.29 is 17.6 Å². The van der Waals surface area contributed by atoms with Crippen molar-refractivity contribution >= 4 is 0 Å². The molecular formula is C16H23F4N. The highest BCUT2D eigenvalue weighted by molar-refractivity contribution is 5.30. The molecule has 0 aliphatic carbocycles. The van der Waals surface area contributed by atoms with Gasteiger partial charge in [0.15, 0.2) is 0 Å². The third kappa shape index (κ3) is 6.46. The first-order valence-electron chi connectivity index (χ1n) is 7.29. The van der Waals surface area contributed by atoms with E-state index in [-0.39, 0.29) is 18.2 Å². The van der Waals surface area contributed by atoms with Gasteiger partial charge >= 0.3 is 6.18 Å². The van der Waals surface area contributed by atoms with Gasteiger partial charge in [-0.3, -0.25) is 0 Å². The van der Waals surface area contributed by atoms with Crippen LogP contribution in [-0.4, -0.2) is 6.04 Å². The van der Waals surface area contributed by atoms with E-state index >= 15 is 0 Å². The van der Waals surface area contributed by atoms with Crippen molar-refractivity contribution in [3.63, 3.8) is 0 Å². The highest BCUT2D eigenvalue weighted by atomic mass is 19.4. The van der Waals surface area contributed by atoms with Gasteiger partial charge in [-0.05, 0) is 37.0 Å². The molecule has 5 heteroatoms. The molecule has 1 N–H and O–H groups in total. The molecule has 0 amide bonds. The zero-order valence-corrected chi connectivity index (χ0v) is 12.7. The monoisotopic (exact) mass is 305 g/mol. The van der Waals surface area contributed by atoms with Gasteiger partial charge < -0.3 is 5.32 Å². The Morgan fingerprint density at radius 1 is 1.10 bits per heavy atom. The predicted molar refractivity (Wildman–Crippen MR) is 76.4 cm³/mol. The van der Waals surface area contributed by atoms with Gasteiger partial charge in [0.1, 0.15) is 5.82 Å². The van der Waals surface area contributed by atoms with Crippen LogP contribution in [0.2, 0.25) is 0 Å². The summed E-state index contributed by atoms with van der Waals surface area (Å²) in [7, 11) is 0. The van der Waals surface area contributed by atoms with E-state index in [0.717, 1.165) is 25.3 Å². The summed E-state index contributed by atoms with van der Waals surface area (Å²) >= 11 is 0. The van der Waals surface area contributed by atoms with Gasteiger partial charge in [-0.15, -0.1) is 0 Å². The first-order chi connectivity index (χ1) is 9.70. The Kier molecular flexibility index (Phi) is 6.65. The first-order valence-corrected chi connectivity index (χ1v) is 7.29. The fraction of sp³-hybridized carbons (Fsp3) is 0.625. The molecule has 120 valence electrons. The highest BCUT2D eigenvalue weighted by Crippen LogP contribution is 2.32. The van der Waals surface area contributed by atoms with Crippen LogP contribution in [0, 0.1) is 11.7 Å². The number of hydrogen-bond acceptors (Lipinski definition) is 1. The van der Waals surface area contributed by atoms with Crippen LogP contribution in [0.15, 0.2) is 18.2 Å². The Morgan fingerprint density at radius 3 is 2.33 bits per heavy atom. The lowest BCUT2D eigenvalue weighted by Gasteiger charge is -2.17. The van der Waals surface area contributed by atoms with Crippen LogP contribution in [-0.2, 0) is 12.7 Å². The van der Waals surface area contributed by atoms with Crippen LogP contribution in [0.5, 0.6) is 0 Å². The van der Waals surface area contributed by atoms with E-state index in [1.54, 1.807) is 0 Å². The summed E-state index contributed by atoms with van der Waals surface area (Å²) in [6.45, 7) is 6.34. The lowest BCUT2D eigenvalue weighted by Crippen LogP contribution is -2.26. The highest BCUT2D eigenvalue weighted by Gasteiger charge is 2.33. The summed E-state index contributed by atoms with van der Waals surface area (Å²) in [6, 6.07) is 2.96. The lowest BCUT2D eigenvalue weighted by molar-refractivity contribution is -0.138. The van der Waals surface area contributed by atoms with E-state index in [1.165, 1.54) is 6.07 Å². The summed E-state index contributed by atoms with van der Waals surface area (Å²) in [6.07, 6.45) is -1.46. The van der Waals surface area contributed by atoms with Crippen molar-refractivity contribution in [1.82, 2.24) is 5.32 Å². The summed E-state index contributed by atoms with van der Waals surface area (Å²) in [5, 5.41) is 3.08. The van der Waals surface area contributed by atoms with Crippen molar-refractivity contribution in [2.24, 2.45) is 5.92 Å². The molecule has 0 radical (unpaired) electrons. The molecule has 0 aromatic heterocycles. The maximum atomic E-state index is 13.0. The second kappa shape index (κ2) is 7.78. The smallest absolute Gasteiger partial charge is 0.310 e.